The van der Waals surface area contributed by atoms with Crippen LogP contribution in [0.1, 0.15) is 51.5 Å². The van der Waals surface area contributed by atoms with Gasteiger partial charge in [-0.25, -0.2) is 4.79 Å². The van der Waals surface area contributed by atoms with E-state index in [1.54, 1.807) is 11.3 Å². The summed E-state index contributed by atoms with van der Waals surface area (Å²) in [5.74, 6) is 0. The van der Waals surface area contributed by atoms with E-state index in [2.05, 4.69) is 17.2 Å². The number of nitrogens with one attached hydrogen (secondary N) is 1. The number of thiazole rings is 1. The highest BCUT2D eigenvalue weighted by atomic mass is 32.1. The molecule has 1 aromatic heterocycles. The van der Waals surface area contributed by atoms with Gasteiger partial charge in [-0.1, -0.05) is 0 Å². The molecule has 0 aliphatic heterocycles. The molecule has 2 rings (SSSR count). The maximum Gasteiger partial charge on any atom is 0.410 e. The summed E-state index contributed by atoms with van der Waals surface area (Å²) < 4.78 is 5.48. The quantitative estimate of drug-likeness (QED) is 0.876. The van der Waals surface area contributed by atoms with Crippen LogP contribution in [0.15, 0.2) is 11.7 Å². The van der Waals surface area contributed by atoms with Crippen molar-refractivity contribution in [2.75, 3.05) is 13.1 Å². The summed E-state index contributed by atoms with van der Waals surface area (Å²) >= 11 is 1.64. The molecule has 6 heteroatoms. The molecule has 0 saturated heterocycles. The van der Waals surface area contributed by atoms with E-state index in [-0.39, 0.29) is 12.1 Å². The molecule has 0 spiro atoms. The van der Waals surface area contributed by atoms with Gasteiger partial charge in [0.25, 0.3) is 0 Å². The molecule has 1 aliphatic carbocycles. The molecule has 1 atom stereocenters. The Hall–Kier alpha value is -1.14. The zero-order valence-electron chi connectivity index (χ0n) is 13.3. The number of amides is 1. The third-order valence-electron chi connectivity index (χ3n) is 3.30. The zero-order valence-corrected chi connectivity index (χ0v) is 14.1. The molecule has 1 fully saturated rings. The number of aromatic nitrogens is 1. The summed E-state index contributed by atoms with van der Waals surface area (Å²) in [6.45, 7) is 9.26. The molecule has 1 unspecified atom stereocenters. The van der Waals surface area contributed by atoms with Crippen molar-refractivity contribution in [2.45, 2.75) is 58.2 Å². The Kier molecular flexibility index (Phi) is 5.22. The van der Waals surface area contributed by atoms with Gasteiger partial charge in [0, 0.05) is 36.2 Å². The number of hydrogen-bond donors (Lipinski definition) is 1. The summed E-state index contributed by atoms with van der Waals surface area (Å²) in [4.78, 5) is 19.4. The molecule has 1 N–H and O–H groups in total. The van der Waals surface area contributed by atoms with Crippen LogP contribution in [0.25, 0.3) is 0 Å². The fraction of sp³-hybridized carbons (Fsp3) is 0.733. The van der Waals surface area contributed by atoms with Gasteiger partial charge in [0.2, 0.25) is 0 Å². The summed E-state index contributed by atoms with van der Waals surface area (Å²) in [5, 5.41) is 3.44. The van der Waals surface area contributed by atoms with Crippen LogP contribution >= 0.6 is 11.3 Å². The Morgan fingerprint density at radius 3 is 2.81 bits per heavy atom. The van der Waals surface area contributed by atoms with Gasteiger partial charge in [0.1, 0.15) is 5.60 Å². The lowest BCUT2D eigenvalue weighted by atomic mass is 10.2. The van der Waals surface area contributed by atoms with Crippen LogP contribution < -0.4 is 5.32 Å². The Morgan fingerprint density at radius 2 is 2.29 bits per heavy atom. The Bertz CT molecular complexity index is 452. The van der Waals surface area contributed by atoms with Crippen LogP contribution in [0.5, 0.6) is 0 Å². The molecule has 1 saturated carbocycles. The second-order valence-corrected chi connectivity index (χ2v) is 7.40. The number of ether oxygens (including phenoxy) is 1. The van der Waals surface area contributed by atoms with E-state index in [0.717, 1.165) is 19.4 Å². The molecule has 1 amide bonds. The van der Waals surface area contributed by atoms with Crippen molar-refractivity contribution in [3.05, 3.63) is 16.6 Å². The van der Waals surface area contributed by atoms with Gasteiger partial charge in [-0.05, 0) is 40.5 Å². The molecule has 1 aromatic rings. The van der Waals surface area contributed by atoms with Crippen molar-refractivity contribution in [3.8, 4) is 0 Å². The van der Waals surface area contributed by atoms with Gasteiger partial charge >= 0.3 is 6.09 Å². The van der Waals surface area contributed by atoms with Crippen LogP contribution in [-0.4, -0.2) is 40.7 Å². The summed E-state index contributed by atoms with van der Waals surface area (Å²) in [5.41, 5.74) is 1.40. The predicted octanol–water partition coefficient (Wildman–Crippen LogP) is 3.19. The van der Waals surface area contributed by atoms with Gasteiger partial charge in [0.15, 0.2) is 0 Å². The molecular weight excluding hydrogens is 286 g/mol. The number of nitrogens with zero attached hydrogens (tertiary/aromatic N) is 2. The van der Waals surface area contributed by atoms with E-state index in [4.69, 9.17) is 4.74 Å². The van der Waals surface area contributed by atoms with Crippen LogP contribution in [0.3, 0.4) is 0 Å². The normalized spacial score (nSPS) is 16.6. The Labute approximate surface area is 130 Å². The fourth-order valence-electron chi connectivity index (χ4n) is 2.07. The zero-order chi connectivity index (χ0) is 15.5. The van der Waals surface area contributed by atoms with Crippen LogP contribution in [0.2, 0.25) is 0 Å². The minimum Gasteiger partial charge on any atom is -0.444 e. The van der Waals surface area contributed by atoms with E-state index in [0.29, 0.717) is 12.6 Å². The highest BCUT2D eigenvalue weighted by Gasteiger charge is 2.34. The molecule has 118 valence electrons. The topological polar surface area (TPSA) is 54.5 Å². The van der Waals surface area contributed by atoms with E-state index < -0.39 is 5.60 Å². The lowest BCUT2D eigenvalue weighted by Gasteiger charge is -2.28. The van der Waals surface area contributed by atoms with E-state index in [9.17, 15) is 4.79 Å². The Balaban J connectivity index is 1.79. The molecule has 0 aromatic carbocycles. The second-order valence-electron chi connectivity index (χ2n) is 6.48. The molecule has 1 aliphatic rings. The average Bonchev–Trinajstić information content (AvgIpc) is 3.04. The van der Waals surface area contributed by atoms with Crippen LogP contribution in [0, 0.1) is 0 Å². The molecule has 0 bridgehead atoms. The Morgan fingerprint density at radius 1 is 1.57 bits per heavy atom. The van der Waals surface area contributed by atoms with E-state index in [1.807, 2.05) is 37.4 Å². The standard InChI is InChI=1S/C15H25N3O2S/c1-11(13-9-16-10-21-13)17-7-8-18(12-5-6-12)14(19)20-15(2,3)4/h9-12,17H,5-8H2,1-4H3. The highest BCUT2D eigenvalue weighted by molar-refractivity contribution is 7.09. The number of carbonyl (C=O) groups excluding carboxylic acids is 1. The summed E-state index contributed by atoms with van der Waals surface area (Å²) in [7, 11) is 0. The number of hydrogen-bond acceptors (Lipinski definition) is 5. The molecule has 21 heavy (non-hydrogen) atoms. The third kappa shape index (κ3) is 5.28. The minimum absolute atomic E-state index is 0.197. The first-order valence-corrected chi connectivity index (χ1v) is 8.36. The molecule has 0 radical (unpaired) electrons. The van der Waals surface area contributed by atoms with Gasteiger partial charge in [-0.3, -0.25) is 4.98 Å². The molecular formula is C15H25N3O2S. The summed E-state index contributed by atoms with van der Waals surface area (Å²) in [6.07, 6.45) is 3.86. The van der Waals surface area contributed by atoms with Crippen molar-refractivity contribution in [1.29, 1.82) is 0 Å². The van der Waals surface area contributed by atoms with Crippen molar-refractivity contribution in [2.24, 2.45) is 0 Å². The molecule has 1 heterocycles. The number of carbonyl (C=O) groups is 1. The van der Waals surface area contributed by atoms with Crippen molar-refractivity contribution < 1.29 is 9.53 Å². The van der Waals surface area contributed by atoms with Gasteiger partial charge < -0.3 is 15.0 Å². The van der Waals surface area contributed by atoms with Crippen LogP contribution in [0.4, 0.5) is 4.79 Å². The largest absolute Gasteiger partial charge is 0.444 e. The summed E-state index contributed by atoms with van der Waals surface area (Å²) in [6, 6.07) is 0.623. The van der Waals surface area contributed by atoms with Crippen molar-refractivity contribution in [3.63, 3.8) is 0 Å². The SMILES string of the molecule is CC(NCCN(C(=O)OC(C)(C)C)C1CC1)c1cncs1. The monoisotopic (exact) mass is 311 g/mol. The first kappa shape index (κ1) is 16.2. The fourth-order valence-corrected chi connectivity index (χ4v) is 2.72. The smallest absolute Gasteiger partial charge is 0.410 e. The highest BCUT2D eigenvalue weighted by Crippen LogP contribution is 2.28. The number of rotatable bonds is 6. The first-order chi connectivity index (χ1) is 9.87. The van der Waals surface area contributed by atoms with E-state index >= 15 is 0 Å². The lowest BCUT2D eigenvalue weighted by molar-refractivity contribution is 0.0235. The second kappa shape index (κ2) is 6.75. The average molecular weight is 311 g/mol. The minimum atomic E-state index is -0.437. The van der Waals surface area contributed by atoms with Crippen molar-refractivity contribution >= 4 is 17.4 Å². The first-order valence-electron chi connectivity index (χ1n) is 7.48. The van der Waals surface area contributed by atoms with Gasteiger partial charge in [-0.15, -0.1) is 11.3 Å². The van der Waals surface area contributed by atoms with Crippen molar-refractivity contribution in [1.82, 2.24) is 15.2 Å². The maximum atomic E-state index is 12.2. The third-order valence-corrected chi connectivity index (χ3v) is 4.26. The van der Waals surface area contributed by atoms with E-state index in [1.165, 1.54) is 4.88 Å². The lowest BCUT2D eigenvalue weighted by Crippen LogP contribution is -2.42. The molecule has 5 nitrogen and oxygen atoms in total. The maximum absolute atomic E-state index is 12.2. The predicted molar refractivity (Wildman–Crippen MR) is 84.5 cm³/mol. The van der Waals surface area contributed by atoms with Gasteiger partial charge in [-0.2, -0.15) is 0 Å². The van der Waals surface area contributed by atoms with Gasteiger partial charge in [0.05, 0.1) is 5.51 Å². The van der Waals surface area contributed by atoms with Crippen LogP contribution in [-0.2, 0) is 4.74 Å².